The van der Waals surface area contributed by atoms with Crippen LogP contribution in [0.4, 0.5) is 11.4 Å². The number of carbonyl (C=O) groups is 1. The number of benzene rings is 3. The average Bonchev–Trinajstić information content (AvgIpc) is 3.04. The van der Waals surface area contributed by atoms with Crippen molar-refractivity contribution >= 4 is 63.5 Å². The molecule has 4 rings (SSSR count). The number of nitrogens with zero attached hydrogens (tertiary/aromatic N) is 2. The predicted molar refractivity (Wildman–Crippen MR) is 138 cm³/mol. The standard InChI is InChI=1S/C26H22Cl2N2OS/c1-15-8-10-19(12-17(15)3)29-26-30(20-11-9-16(2)18(4)13-20)25(31)24(32-26)14-21-22(27)6-5-7-23(21)28/h5-14H,1-4H3/b24-14-,29-26?. The van der Waals surface area contributed by atoms with Gasteiger partial charge in [-0.3, -0.25) is 9.69 Å². The van der Waals surface area contributed by atoms with E-state index in [1.807, 2.05) is 43.3 Å². The first-order valence-corrected chi connectivity index (χ1v) is 11.7. The number of aliphatic imine (C=N–C) groups is 1. The van der Waals surface area contributed by atoms with E-state index >= 15 is 0 Å². The molecule has 1 fully saturated rings. The second-order valence-electron chi connectivity index (χ2n) is 7.82. The van der Waals surface area contributed by atoms with Crippen molar-refractivity contribution in [2.24, 2.45) is 4.99 Å². The number of halogens is 2. The fraction of sp³-hybridized carbons (Fsp3) is 0.154. The van der Waals surface area contributed by atoms with Gasteiger partial charge < -0.3 is 0 Å². The fourth-order valence-corrected chi connectivity index (χ4v) is 4.82. The quantitative estimate of drug-likeness (QED) is 0.355. The molecule has 3 nitrogen and oxygen atoms in total. The number of carbonyl (C=O) groups excluding carboxylic acids is 1. The van der Waals surface area contributed by atoms with Gasteiger partial charge in [-0.1, -0.05) is 41.4 Å². The first-order valence-electron chi connectivity index (χ1n) is 10.2. The molecule has 0 N–H and O–H groups in total. The Morgan fingerprint density at radius 1 is 0.844 bits per heavy atom. The van der Waals surface area contributed by atoms with E-state index in [1.165, 1.54) is 22.9 Å². The van der Waals surface area contributed by atoms with Crippen LogP contribution in [0.25, 0.3) is 6.08 Å². The zero-order valence-electron chi connectivity index (χ0n) is 18.2. The lowest BCUT2D eigenvalue weighted by atomic mass is 10.1. The first-order chi connectivity index (χ1) is 15.2. The van der Waals surface area contributed by atoms with Gasteiger partial charge in [-0.25, -0.2) is 4.99 Å². The number of thioether (sulfide) groups is 1. The summed E-state index contributed by atoms with van der Waals surface area (Å²) in [5, 5.41) is 1.59. The summed E-state index contributed by atoms with van der Waals surface area (Å²) >= 11 is 14.0. The van der Waals surface area contributed by atoms with Gasteiger partial charge in [-0.15, -0.1) is 0 Å². The van der Waals surface area contributed by atoms with Gasteiger partial charge in [0.2, 0.25) is 0 Å². The van der Waals surface area contributed by atoms with Crippen LogP contribution in [0.3, 0.4) is 0 Å². The number of rotatable bonds is 3. The molecule has 1 aliphatic rings. The third-order valence-corrected chi connectivity index (χ3v) is 7.17. The molecular formula is C26H22Cl2N2OS. The van der Waals surface area contributed by atoms with Gasteiger partial charge in [-0.05, 0) is 104 Å². The van der Waals surface area contributed by atoms with Crippen LogP contribution in [0.15, 0.2) is 64.5 Å². The van der Waals surface area contributed by atoms with Gasteiger partial charge in [0, 0.05) is 15.6 Å². The minimum atomic E-state index is -0.156. The smallest absolute Gasteiger partial charge is 0.268 e. The number of amidine groups is 1. The lowest BCUT2D eigenvalue weighted by Crippen LogP contribution is -2.28. The van der Waals surface area contributed by atoms with Crippen LogP contribution in [-0.4, -0.2) is 11.1 Å². The largest absolute Gasteiger partial charge is 0.271 e. The van der Waals surface area contributed by atoms with Crippen molar-refractivity contribution in [2.75, 3.05) is 4.90 Å². The fourth-order valence-electron chi connectivity index (χ4n) is 3.33. The number of hydrogen-bond donors (Lipinski definition) is 0. The summed E-state index contributed by atoms with van der Waals surface area (Å²) in [7, 11) is 0. The van der Waals surface area contributed by atoms with E-state index in [9.17, 15) is 4.79 Å². The summed E-state index contributed by atoms with van der Waals surface area (Å²) in [5.74, 6) is -0.156. The second kappa shape index (κ2) is 9.14. The van der Waals surface area contributed by atoms with Crippen molar-refractivity contribution in [2.45, 2.75) is 27.7 Å². The Hall–Kier alpha value is -2.53. The molecule has 6 heteroatoms. The topological polar surface area (TPSA) is 32.7 Å². The number of aryl methyl sites for hydroxylation is 4. The van der Waals surface area contributed by atoms with E-state index < -0.39 is 0 Å². The Morgan fingerprint density at radius 2 is 1.47 bits per heavy atom. The van der Waals surface area contributed by atoms with Crippen molar-refractivity contribution in [3.05, 3.63) is 97.4 Å². The maximum Gasteiger partial charge on any atom is 0.271 e. The highest BCUT2D eigenvalue weighted by Gasteiger charge is 2.35. The molecule has 162 valence electrons. The van der Waals surface area contributed by atoms with Crippen LogP contribution in [0.5, 0.6) is 0 Å². The minimum Gasteiger partial charge on any atom is -0.268 e. The monoisotopic (exact) mass is 480 g/mol. The molecule has 3 aromatic carbocycles. The van der Waals surface area contributed by atoms with Gasteiger partial charge in [0.05, 0.1) is 16.3 Å². The van der Waals surface area contributed by atoms with Crippen LogP contribution in [0, 0.1) is 27.7 Å². The molecule has 1 amide bonds. The second-order valence-corrected chi connectivity index (χ2v) is 9.64. The van der Waals surface area contributed by atoms with Gasteiger partial charge in [0.15, 0.2) is 5.17 Å². The summed E-state index contributed by atoms with van der Waals surface area (Å²) < 4.78 is 0. The van der Waals surface area contributed by atoms with Crippen molar-refractivity contribution in [1.29, 1.82) is 0 Å². The Balaban J connectivity index is 1.84. The normalized spacial score (nSPS) is 16.4. The highest BCUT2D eigenvalue weighted by Crippen LogP contribution is 2.39. The van der Waals surface area contributed by atoms with E-state index in [2.05, 4.69) is 20.8 Å². The SMILES string of the molecule is Cc1ccc(N=C2S/C(=C\c3c(Cl)cccc3Cl)C(=O)N2c2ccc(C)c(C)c2)cc1C. The zero-order chi connectivity index (χ0) is 23.0. The molecule has 32 heavy (non-hydrogen) atoms. The molecule has 0 unspecified atom stereocenters. The summed E-state index contributed by atoms with van der Waals surface area (Å²) in [6, 6.07) is 17.3. The molecule has 0 aromatic heterocycles. The highest BCUT2D eigenvalue weighted by molar-refractivity contribution is 8.19. The minimum absolute atomic E-state index is 0.156. The van der Waals surface area contributed by atoms with Crippen LogP contribution in [0.2, 0.25) is 10.0 Å². The van der Waals surface area contributed by atoms with Crippen molar-refractivity contribution < 1.29 is 4.79 Å². The van der Waals surface area contributed by atoms with Gasteiger partial charge in [0.1, 0.15) is 0 Å². The van der Waals surface area contributed by atoms with Crippen LogP contribution in [-0.2, 0) is 4.79 Å². The van der Waals surface area contributed by atoms with Crippen LogP contribution < -0.4 is 4.90 Å². The number of amides is 1. The highest BCUT2D eigenvalue weighted by atomic mass is 35.5. The number of hydrogen-bond acceptors (Lipinski definition) is 3. The van der Waals surface area contributed by atoms with Crippen LogP contribution >= 0.6 is 35.0 Å². The van der Waals surface area contributed by atoms with Crippen molar-refractivity contribution in [3.63, 3.8) is 0 Å². The van der Waals surface area contributed by atoms with Gasteiger partial charge in [-0.2, -0.15) is 0 Å². The lowest BCUT2D eigenvalue weighted by Gasteiger charge is -2.17. The van der Waals surface area contributed by atoms with Crippen LogP contribution in [0.1, 0.15) is 27.8 Å². The number of anilines is 1. The van der Waals surface area contributed by atoms with E-state index in [0.717, 1.165) is 22.5 Å². The van der Waals surface area contributed by atoms with E-state index in [1.54, 1.807) is 29.2 Å². The predicted octanol–water partition coefficient (Wildman–Crippen LogP) is 8.04. The average molecular weight is 481 g/mol. The molecule has 3 aromatic rings. The third-order valence-electron chi connectivity index (χ3n) is 5.55. The summed E-state index contributed by atoms with van der Waals surface area (Å²) in [6.45, 7) is 8.20. The molecule has 0 aliphatic carbocycles. The first kappa shape index (κ1) is 22.7. The Labute approximate surface area is 202 Å². The third kappa shape index (κ3) is 4.49. The van der Waals surface area contributed by atoms with E-state index in [0.29, 0.717) is 25.7 Å². The molecule has 1 aliphatic heterocycles. The summed E-state index contributed by atoms with van der Waals surface area (Å²) in [6.07, 6.45) is 1.74. The van der Waals surface area contributed by atoms with Crippen molar-refractivity contribution in [1.82, 2.24) is 0 Å². The van der Waals surface area contributed by atoms with Gasteiger partial charge >= 0.3 is 0 Å². The summed E-state index contributed by atoms with van der Waals surface area (Å²) in [5.41, 5.74) is 6.83. The Kier molecular flexibility index (Phi) is 6.47. The molecule has 0 spiro atoms. The molecule has 0 bridgehead atoms. The molecule has 0 saturated carbocycles. The van der Waals surface area contributed by atoms with E-state index in [-0.39, 0.29) is 5.91 Å². The molecule has 1 saturated heterocycles. The molecule has 1 heterocycles. The zero-order valence-corrected chi connectivity index (χ0v) is 20.6. The maximum atomic E-state index is 13.5. The molecule has 0 atom stereocenters. The Morgan fingerprint density at radius 3 is 2.09 bits per heavy atom. The summed E-state index contributed by atoms with van der Waals surface area (Å²) in [4.78, 5) is 20.5. The Bertz CT molecular complexity index is 1280. The van der Waals surface area contributed by atoms with Crippen molar-refractivity contribution in [3.8, 4) is 0 Å². The molecular weight excluding hydrogens is 459 g/mol. The maximum absolute atomic E-state index is 13.5. The lowest BCUT2D eigenvalue weighted by molar-refractivity contribution is -0.113. The van der Waals surface area contributed by atoms with Gasteiger partial charge in [0.25, 0.3) is 5.91 Å². The molecule has 0 radical (unpaired) electrons. The van der Waals surface area contributed by atoms with E-state index in [4.69, 9.17) is 28.2 Å².